The lowest BCUT2D eigenvalue weighted by Gasteiger charge is -2.08. The number of benzene rings is 1. The summed E-state index contributed by atoms with van der Waals surface area (Å²) in [6.07, 6.45) is 0. The molecule has 1 amide bonds. The van der Waals surface area contributed by atoms with E-state index in [1.54, 1.807) is 24.3 Å². The van der Waals surface area contributed by atoms with Crippen LogP contribution in [0.25, 0.3) is 10.9 Å². The predicted molar refractivity (Wildman–Crippen MR) is 78.2 cm³/mol. The molecular formula is C15H13N3O3. The van der Waals surface area contributed by atoms with Gasteiger partial charge in [0, 0.05) is 17.8 Å². The molecule has 2 N–H and O–H groups in total. The Kier molecular flexibility index (Phi) is 3.76. The van der Waals surface area contributed by atoms with Crippen LogP contribution in [0.2, 0.25) is 0 Å². The number of rotatable bonds is 4. The van der Waals surface area contributed by atoms with Gasteiger partial charge in [0.1, 0.15) is 11.8 Å². The number of hydrogen-bond donors (Lipinski definition) is 2. The highest BCUT2D eigenvalue weighted by Crippen LogP contribution is 2.31. The number of aromatic nitrogens is 1. The standard InChI is InChI=1S/C15H13N3O3/c1-8(7-16)15(20)13-4-10-5-14(21-3)12(17-9(2)19)6-11(10)18-13/h4-6,18H,1H2,2-3H3,(H,17,19). The molecule has 0 saturated carbocycles. The Bertz CT molecular complexity index is 796. The van der Waals surface area contributed by atoms with Crippen LogP contribution in [0.3, 0.4) is 0 Å². The van der Waals surface area contributed by atoms with Crippen molar-refractivity contribution in [1.29, 1.82) is 5.26 Å². The highest BCUT2D eigenvalue weighted by Gasteiger charge is 2.15. The summed E-state index contributed by atoms with van der Waals surface area (Å²) in [4.78, 5) is 26.0. The lowest BCUT2D eigenvalue weighted by atomic mass is 10.1. The molecule has 0 aliphatic rings. The Labute approximate surface area is 121 Å². The number of aromatic amines is 1. The first kappa shape index (κ1) is 14.3. The lowest BCUT2D eigenvalue weighted by molar-refractivity contribution is -0.114. The second-order valence-electron chi connectivity index (χ2n) is 4.42. The number of Topliss-reactive ketones (excluding diaryl/α,β-unsaturated/α-hetero) is 1. The third-order valence-corrected chi connectivity index (χ3v) is 2.91. The molecule has 0 atom stereocenters. The highest BCUT2D eigenvalue weighted by atomic mass is 16.5. The molecule has 1 aromatic heterocycles. The van der Waals surface area contributed by atoms with E-state index in [1.165, 1.54) is 14.0 Å². The van der Waals surface area contributed by atoms with Crippen molar-refractivity contribution in [1.82, 2.24) is 4.98 Å². The molecule has 2 aromatic rings. The number of nitrogens with one attached hydrogen (secondary N) is 2. The van der Waals surface area contributed by atoms with Crippen LogP contribution in [0.1, 0.15) is 17.4 Å². The molecule has 21 heavy (non-hydrogen) atoms. The van der Waals surface area contributed by atoms with E-state index in [0.717, 1.165) is 5.39 Å². The maximum absolute atomic E-state index is 11.9. The fourth-order valence-electron chi connectivity index (χ4n) is 1.95. The van der Waals surface area contributed by atoms with Crippen LogP contribution >= 0.6 is 0 Å². The van der Waals surface area contributed by atoms with E-state index in [4.69, 9.17) is 10.00 Å². The average molecular weight is 283 g/mol. The molecule has 2 rings (SSSR count). The monoisotopic (exact) mass is 283 g/mol. The maximum atomic E-state index is 11.9. The van der Waals surface area contributed by atoms with Gasteiger partial charge in [-0.1, -0.05) is 6.58 Å². The number of nitriles is 1. The first-order chi connectivity index (χ1) is 9.96. The third-order valence-electron chi connectivity index (χ3n) is 2.91. The van der Waals surface area contributed by atoms with E-state index in [2.05, 4.69) is 16.9 Å². The van der Waals surface area contributed by atoms with Crippen molar-refractivity contribution in [3.8, 4) is 11.8 Å². The van der Waals surface area contributed by atoms with E-state index < -0.39 is 5.78 Å². The summed E-state index contributed by atoms with van der Waals surface area (Å²) in [6, 6.07) is 6.70. The van der Waals surface area contributed by atoms with Crippen molar-refractivity contribution >= 4 is 28.3 Å². The summed E-state index contributed by atoms with van der Waals surface area (Å²) in [5, 5.41) is 12.1. The van der Waals surface area contributed by atoms with Gasteiger partial charge in [0.15, 0.2) is 0 Å². The van der Waals surface area contributed by atoms with Crippen LogP contribution in [0, 0.1) is 11.3 Å². The molecule has 106 valence electrons. The first-order valence-electron chi connectivity index (χ1n) is 6.08. The van der Waals surface area contributed by atoms with Crippen molar-refractivity contribution < 1.29 is 14.3 Å². The zero-order valence-electron chi connectivity index (χ0n) is 11.6. The Morgan fingerprint density at radius 2 is 2.10 bits per heavy atom. The summed E-state index contributed by atoms with van der Waals surface area (Å²) in [7, 11) is 1.49. The van der Waals surface area contributed by atoms with Gasteiger partial charge in [0.2, 0.25) is 11.7 Å². The van der Waals surface area contributed by atoms with Gasteiger partial charge in [-0.3, -0.25) is 9.59 Å². The van der Waals surface area contributed by atoms with E-state index in [1.807, 2.05) is 0 Å². The zero-order valence-corrected chi connectivity index (χ0v) is 11.6. The largest absolute Gasteiger partial charge is 0.495 e. The van der Waals surface area contributed by atoms with E-state index >= 15 is 0 Å². The number of methoxy groups -OCH3 is 1. The molecule has 0 radical (unpaired) electrons. The van der Waals surface area contributed by atoms with E-state index in [-0.39, 0.29) is 17.2 Å². The van der Waals surface area contributed by atoms with Gasteiger partial charge in [-0.2, -0.15) is 5.26 Å². The first-order valence-corrected chi connectivity index (χ1v) is 6.08. The highest BCUT2D eigenvalue weighted by molar-refractivity contribution is 6.12. The van der Waals surface area contributed by atoms with Crippen LogP contribution in [-0.4, -0.2) is 23.8 Å². The quantitative estimate of drug-likeness (QED) is 0.511. The number of carbonyl (C=O) groups excluding carboxylic acids is 2. The summed E-state index contributed by atoms with van der Waals surface area (Å²) in [6.45, 7) is 4.79. The number of fused-ring (bicyclic) bond motifs is 1. The van der Waals surface area contributed by atoms with Crippen molar-refractivity contribution in [2.45, 2.75) is 6.92 Å². The van der Waals surface area contributed by atoms with Crippen LogP contribution in [-0.2, 0) is 4.79 Å². The number of anilines is 1. The van der Waals surface area contributed by atoms with Crippen LogP contribution < -0.4 is 10.1 Å². The number of ketones is 1. The number of allylic oxidation sites excluding steroid dienone is 1. The molecule has 1 heterocycles. The maximum Gasteiger partial charge on any atom is 0.221 e. The molecule has 0 fully saturated rings. The number of hydrogen-bond acceptors (Lipinski definition) is 4. The second-order valence-corrected chi connectivity index (χ2v) is 4.42. The van der Waals surface area contributed by atoms with Crippen LogP contribution in [0.5, 0.6) is 5.75 Å². The van der Waals surface area contributed by atoms with Gasteiger partial charge in [-0.15, -0.1) is 0 Å². The third kappa shape index (κ3) is 2.77. The molecule has 0 aliphatic carbocycles. The number of nitrogens with zero attached hydrogens (tertiary/aromatic N) is 1. The predicted octanol–water partition coefficient (Wildman–Crippen LogP) is 2.40. The smallest absolute Gasteiger partial charge is 0.221 e. The second kappa shape index (κ2) is 5.51. The molecule has 6 nitrogen and oxygen atoms in total. The van der Waals surface area contributed by atoms with Gasteiger partial charge < -0.3 is 15.0 Å². The Morgan fingerprint density at radius 1 is 1.38 bits per heavy atom. The summed E-state index contributed by atoms with van der Waals surface area (Å²) < 4.78 is 5.21. The Hall–Kier alpha value is -3.07. The van der Waals surface area contributed by atoms with Crippen molar-refractivity contribution in [2.24, 2.45) is 0 Å². The van der Waals surface area contributed by atoms with Gasteiger partial charge in [-0.05, 0) is 18.2 Å². The van der Waals surface area contributed by atoms with Gasteiger partial charge in [0.05, 0.1) is 24.1 Å². The van der Waals surface area contributed by atoms with Gasteiger partial charge in [-0.25, -0.2) is 0 Å². The molecule has 6 heteroatoms. The Morgan fingerprint density at radius 3 is 2.67 bits per heavy atom. The molecule has 0 saturated heterocycles. The molecule has 0 spiro atoms. The zero-order chi connectivity index (χ0) is 15.6. The van der Waals surface area contributed by atoms with Crippen molar-refractivity contribution in [3.63, 3.8) is 0 Å². The van der Waals surface area contributed by atoms with Crippen LogP contribution in [0.4, 0.5) is 5.69 Å². The molecule has 1 aromatic carbocycles. The number of carbonyl (C=O) groups is 2. The number of amides is 1. The van der Waals surface area contributed by atoms with Gasteiger partial charge in [0.25, 0.3) is 0 Å². The van der Waals surface area contributed by atoms with E-state index in [0.29, 0.717) is 17.0 Å². The minimum absolute atomic E-state index is 0.143. The normalized spacial score (nSPS) is 9.95. The topological polar surface area (TPSA) is 95.0 Å². The minimum atomic E-state index is -0.464. The average Bonchev–Trinajstić information content (AvgIpc) is 2.86. The fraction of sp³-hybridized carbons (Fsp3) is 0.133. The van der Waals surface area contributed by atoms with Crippen LogP contribution in [0.15, 0.2) is 30.4 Å². The lowest BCUT2D eigenvalue weighted by Crippen LogP contribution is -2.07. The Balaban J connectivity index is 2.53. The number of H-pyrrole nitrogens is 1. The van der Waals surface area contributed by atoms with Crippen molar-refractivity contribution in [2.75, 3.05) is 12.4 Å². The summed E-state index contributed by atoms with van der Waals surface area (Å²) >= 11 is 0. The summed E-state index contributed by atoms with van der Waals surface area (Å²) in [5.74, 6) is -0.211. The van der Waals surface area contributed by atoms with Crippen molar-refractivity contribution in [3.05, 3.63) is 36.0 Å². The SMILES string of the molecule is C=C(C#N)C(=O)c1cc2cc(OC)c(NC(C)=O)cc2[nH]1. The summed E-state index contributed by atoms with van der Waals surface area (Å²) in [5.41, 5.74) is 1.26. The molecule has 0 bridgehead atoms. The minimum Gasteiger partial charge on any atom is -0.495 e. The fourth-order valence-corrected chi connectivity index (χ4v) is 1.95. The molecular weight excluding hydrogens is 270 g/mol. The van der Waals surface area contributed by atoms with E-state index in [9.17, 15) is 9.59 Å². The number of ether oxygens (including phenoxy) is 1. The molecule has 0 unspecified atom stereocenters. The molecule has 0 aliphatic heterocycles. The van der Waals surface area contributed by atoms with Gasteiger partial charge >= 0.3 is 0 Å².